The lowest BCUT2D eigenvalue weighted by Crippen LogP contribution is -1.99. The van der Waals surface area contributed by atoms with Crippen LogP contribution in [0.1, 0.15) is 17.3 Å². The van der Waals surface area contributed by atoms with Gasteiger partial charge in [-0.2, -0.15) is 0 Å². The molecule has 0 spiro atoms. The lowest BCUT2D eigenvalue weighted by atomic mass is 9.97. The molecule has 45 heavy (non-hydrogen) atoms. The minimum atomic E-state index is -1.34. The van der Waals surface area contributed by atoms with E-state index < -0.39 is 6.17 Å². The van der Waals surface area contributed by atoms with Gasteiger partial charge < -0.3 is 4.42 Å². The van der Waals surface area contributed by atoms with E-state index in [0.717, 1.165) is 76.9 Å². The highest BCUT2D eigenvalue weighted by molar-refractivity contribution is 6.17. The number of imidazole rings is 1. The van der Waals surface area contributed by atoms with Crippen molar-refractivity contribution >= 4 is 71.1 Å². The van der Waals surface area contributed by atoms with Gasteiger partial charge in [0.1, 0.15) is 22.6 Å². The number of hydrogen-bond acceptors (Lipinski definition) is 3. The van der Waals surface area contributed by atoms with Gasteiger partial charge in [-0.1, -0.05) is 66.7 Å². The van der Waals surface area contributed by atoms with E-state index in [1.807, 2.05) is 91.1 Å². The fourth-order valence-electron chi connectivity index (χ4n) is 7.08. The van der Waals surface area contributed by atoms with Gasteiger partial charge in [-0.3, -0.25) is 8.97 Å². The molecule has 0 aliphatic rings. The van der Waals surface area contributed by atoms with Crippen LogP contribution in [0.3, 0.4) is 0 Å². The Morgan fingerprint density at radius 3 is 2.18 bits per heavy atom. The van der Waals surface area contributed by atoms with Gasteiger partial charge in [0.15, 0.2) is 6.17 Å². The summed E-state index contributed by atoms with van der Waals surface area (Å²) < 4.78 is 27.1. The van der Waals surface area contributed by atoms with Crippen molar-refractivity contribution in [3.63, 3.8) is 0 Å². The molecule has 5 aromatic heterocycles. The number of furan rings is 1. The SMILES string of the molecule is FC(c1ccc2c3ccccc3n3ccnc3c2c1)c1ccc2c3cc4c(cc3n(-c3ccccn3)c2c1)oc1ccccc14. The van der Waals surface area contributed by atoms with Gasteiger partial charge in [0.2, 0.25) is 0 Å². The Morgan fingerprint density at radius 2 is 1.29 bits per heavy atom. The maximum Gasteiger partial charge on any atom is 0.150 e. The molecule has 10 rings (SSSR count). The summed E-state index contributed by atoms with van der Waals surface area (Å²) in [5, 5.41) is 7.32. The van der Waals surface area contributed by atoms with E-state index >= 15 is 4.39 Å². The third-order valence-corrected chi connectivity index (χ3v) is 9.13. The number of halogens is 1. The fourth-order valence-corrected chi connectivity index (χ4v) is 7.08. The van der Waals surface area contributed by atoms with Gasteiger partial charge in [0.25, 0.3) is 0 Å². The quantitative estimate of drug-likeness (QED) is 0.195. The number of hydrogen-bond donors (Lipinski definition) is 0. The number of fused-ring (bicyclic) bond motifs is 12. The highest BCUT2D eigenvalue weighted by atomic mass is 19.1. The van der Waals surface area contributed by atoms with Gasteiger partial charge >= 0.3 is 0 Å². The zero-order valence-electron chi connectivity index (χ0n) is 23.9. The van der Waals surface area contributed by atoms with Crippen LogP contribution >= 0.6 is 0 Å². The van der Waals surface area contributed by atoms with E-state index in [9.17, 15) is 0 Å². The highest BCUT2D eigenvalue weighted by Crippen LogP contribution is 2.40. The van der Waals surface area contributed by atoms with Gasteiger partial charge in [-0.05, 0) is 59.0 Å². The van der Waals surface area contributed by atoms with Crippen LogP contribution < -0.4 is 0 Å². The molecule has 10 aromatic rings. The molecule has 0 radical (unpaired) electrons. The molecule has 1 unspecified atom stereocenters. The Balaban J connectivity index is 1.20. The number of nitrogens with zero attached hydrogens (tertiary/aromatic N) is 4. The first kappa shape index (κ1) is 24.4. The van der Waals surface area contributed by atoms with Crippen LogP contribution in [-0.4, -0.2) is 18.9 Å². The van der Waals surface area contributed by atoms with Crippen molar-refractivity contribution in [3.05, 3.63) is 145 Å². The Kier molecular flexibility index (Phi) is 4.89. The summed E-state index contributed by atoms with van der Waals surface area (Å²) in [6, 6.07) is 38.2. The third kappa shape index (κ3) is 3.42. The van der Waals surface area contributed by atoms with Crippen molar-refractivity contribution in [2.75, 3.05) is 0 Å². The Morgan fingerprint density at radius 1 is 0.533 bits per heavy atom. The van der Waals surface area contributed by atoms with Gasteiger partial charge in [-0.15, -0.1) is 0 Å². The van der Waals surface area contributed by atoms with Crippen LogP contribution in [0.15, 0.2) is 138 Å². The predicted octanol–water partition coefficient (Wildman–Crippen LogP) is 10.1. The normalized spacial score (nSPS) is 12.9. The second-order valence-corrected chi connectivity index (χ2v) is 11.6. The maximum atomic E-state index is 16.6. The summed E-state index contributed by atoms with van der Waals surface area (Å²) in [4.78, 5) is 9.33. The predicted molar refractivity (Wildman–Crippen MR) is 179 cm³/mol. The van der Waals surface area contributed by atoms with Crippen LogP contribution in [0.2, 0.25) is 0 Å². The van der Waals surface area contributed by atoms with E-state index in [0.29, 0.717) is 11.1 Å². The monoisotopic (exact) mass is 582 g/mol. The summed E-state index contributed by atoms with van der Waals surface area (Å²) in [7, 11) is 0. The lowest BCUT2D eigenvalue weighted by Gasteiger charge is -2.14. The van der Waals surface area contributed by atoms with Crippen LogP contribution in [-0.2, 0) is 0 Å². The first-order valence-electron chi connectivity index (χ1n) is 15.0. The molecule has 5 nitrogen and oxygen atoms in total. The summed E-state index contributed by atoms with van der Waals surface area (Å²) in [5.41, 5.74) is 6.58. The van der Waals surface area contributed by atoms with Crippen molar-refractivity contribution in [1.82, 2.24) is 18.9 Å². The number of para-hydroxylation sites is 2. The maximum absolute atomic E-state index is 16.6. The Bertz CT molecular complexity index is 2790. The van der Waals surface area contributed by atoms with Gasteiger partial charge in [0, 0.05) is 57.0 Å². The number of aromatic nitrogens is 4. The Labute approximate surface area is 255 Å². The summed E-state index contributed by atoms with van der Waals surface area (Å²) in [6.45, 7) is 0. The molecule has 0 N–H and O–H groups in total. The topological polar surface area (TPSA) is 48.3 Å². The molecule has 0 aliphatic heterocycles. The molecule has 0 fully saturated rings. The van der Waals surface area contributed by atoms with E-state index in [4.69, 9.17) is 4.42 Å². The van der Waals surface area contributed by atoms with Crippen LogP contribution in [0.4, 0.5) is 4.39 Å². The highest BCUT2D eigenvalue weighted by Gasteiger charge is 2.21. The lowest BCUT2D eigenvalue weighted by molar-refractivity contribution is 0.402. The number of benzene rings is 5. The number of alkyl halides is 1. The van der Waals surface area contributed by atoms with E-state index in [1.165, 1.54) is 0 Å². The molecule has 6 heteroatoms. The zero-order chi connectivity index (χ0) is 29.6. The van der Waals surface area contributed by atoms with Crippen molar-refractivity contribution in [2.24, 2.45) is 0 Å². The molecule has 0 bridgehead atoms. The minimum Gasteiger partial charge on any atom is -0.456 e. The number of pyridine rings is 2. The molecule has 212 valence electrons. The first-order chi connectivity index (χ1) is 22.2. The fraction of sp³-hybridized carbons (Fsp3) is 0.0256. The molecule has 0 saturated carbocycles. The van der Waals surface area contributed by atoms with Crippen LogP contribution in [0.25, 0.3) is 76.9 Å². The standard InChI is InChI=1S/C39H23FN4O/c40-38(23-12-14-25-26-7-1-3-9-32(26)43-18-17-42-39(43)31(25)19-23)24-13-15-27-29-21-30-28-8-2-4-10-35(28)45-36(30)22-34(29)44(33(27)20-24)37-11-5-6-16-41-37/h1-22,38H. The molecule has 0 amide bonds. The summed E-state index contributed by atoms with van der Waals surface area (Å²) in [5.74, 6) is 0.764. The van der Waals surface area contributed by atoms with Crippen molar-refractivity contribution in [2.45, 2.75) is 6.17 Å². The first-order valence-corrected chi connectivity index (χ1v) is 15.0. The number of rotatable bonds is 3. The smallest absolute Gasteiger partial charge is 0.150 e. The molecule has 0 aliphatic carbocycles. The molecular weight excluding hydrogens is 559 g/mol. The second kappa shape index (κ2) is 9.00. The van der Waals surface area contributed by atoms with Crippen molar-refractivity contribution in [1.29, 1.82) is 0 Å². The van der Waals surface area contributed by atoms with Crippen molar-refractivity contribution < 1.29 is 8.81 Å². The molecule has 0 saturated heterocycles. The van der Waals surface area contributed by atoms with E-state index in [-0.39, 0.29) is 0 Å². The summed E-state index contributed by atoms with van der Waals surface area (Å²) in [6.07, 6.45) is 4.20. The largest absolute Gasteiger partial charge is 0.456 e. The molecule has 1 atom stereocenters. The molecule has 5 aromatic carbocycles. The Hall–Kier alpha value is -6.01. The van der Waals surface area contributed by atoms with E-state index in [2.05, 4.69) is 49.3 Å². The molecular formula is C39H23FN4O. The zero-order valence-corrected chi connectivity index (χ0v) is 23.9. The van der Waals surface area contributed by atoms with Gasteiger partial charge in [0.05, 0.1) is 16.6 Å². The van der Waals surface area contributed by atoms with Gasteiger partial charge in [-0.25, -0.2) is 14.4 Å². The second-order valence-electron chi connectivity index (χ2n) is 11.6. The van der Waals surface area contributed by atoms with E-state index in [1.54, 1.807) is 12.4 Å². The molecule has 5 heterocycles. The average molecular weight is 583 g/mol. The minimum absolute atomic E-state index is 0.580. The van der Waals surface area contributed by atoms with Crippen molar-refractivity contribution in [3.8, 4) is 5.82 Å². The average Bonchev–Trinajstić information content (AvgIpc) is 3.81. The third-order valence-electron chi connectivity index (χ3n) is 9.13. The summed E-state index contributed by atoms with van der Waals surface area (Å²) >= 11 is 0. The van der Waals surface area contributed by atoms with Crippen LogP contribution in [0, 0.1) is 0 Å². The van der Waals surface area contributed by atoms with Crippen LogP contribution in [0.5, 0.6) is 0 Å².